The van der Waals surface area contributed by atoms with Crippen molar-refractivity contribution >= 4 is 5.91 Å². The highest BCUT2D eigenvalue weighted by Crippen LogP contribution is 2.28. The van der Waals surface area contributed by atoms with Crippen LogP contribution in [0.5, 0.6) is 0 Å². The zero-order chi connectivity index (χ0) is 12.8. The molecule has 2 rings (SSSR count). The van der Waals surface area contributed by atoms with Crippen LogP contribution in [0.2, 0.25) is 0 Å². The number of hydrogen-bond acceptors (Lipinski definition) is 3. The van der Waals surface area contributed by atoms with Gasteiger partial charge in [0.15, 0.2) is 0 Å². The van der Waals surface area contributed by atoms with Crippen molar-refractivity contribution in [3.63, 3.8) is 0 Å². The van der Waals surface area contributed by atoms with Gasteiger partial charge in [-0.3, -0.25) is 4.79 Å². The summed E-state index contributed by atoms with van der Waals surface area (Å²) in [5, 5.41) is 13.0. The Labute approximate surface area is 109 Å². The SMILES string of the molecule is O=C(CCC1CCCCO1)NCC1(O)CCCC1. The van der Waals surface area contributed by atoms with Crippen LogP contribution in [-0.4, -0.2) is 35.9 Å². The highest BCUT2D eigenvalue weighted by atomic mass is 16.5. The van der Waals surface area contributed by atoms with Gasteiger partial charge in [0.1, 0.15) is 0 Å². The first-order valence-electron chi connectivity index (χ1n) is 7.29. The molecule has 0 radical (unpaired) electrons. The van der Waals surface area contributed by atoms with Gasteiger partial charge >= 0.3 is 0 Å². The predicted octanol–water partition coefficient (Wildman–Crippen LogP) is 1.76. The van der Waals surface area contributed by atoms with Gasteiger partial charge in [-0.25, -0.2) is 0 Å². The van der Waals surface area contributed by atoms with E-state index in [4.69, 9.17) is 4.74 Å². The third kappa shape index (κ3) is 4.25. The van der Waals surface area contributed by atoms with Crippen molar-refractivity contribution in [2.75, 3.05) is 13.2 Å². The maximum absolute atomic E-state index is 11.7. The minimum atomic E-state index is -0.642. The zero-order valence-corrected chi connectivity index (χ0v) is 11.1. The highest BCUT2D eigenvalue weighted by molar-refractivity contribution is 5.75. The van der Waals surface area contributed by atoms with E-state index in [2.05, 4.69) is 5.32 Å². The molecule has 1 aliphatic carbocycles. The molecule has 1 atom stereocenters. The third-order valence-corrected chi connectivity index (χ3v) is 4.12. The van der Waals surface area contributed by atoms with Crippen molar-refractivity contribution in [2.24, 2.45) is 0 Å². The summed E-state index contributed by atoms with van der Waals surface area (Å²) < 4.78 is 5.60. The molecule has 1 saturated carbocycles. The molecule has 2 N–H and O–H groups in total. The van der Waals surface area contributed by atoms with E-state index < -0.39 is 5.60 Å². The van der Waals surface area contributed by atoms with Crippen LogP contribution in [0.1, 0.15) is 57.8 Å². The molecule has 0 aromatic heterocycles. The van der Waals surface area contributed by atoms with Gasteiger partial charge in [0.2, 0.25) is 5.91 Å². The van der Waals surface area contributed by atoms with E-state index in [1.54, 1.807) is 0 Å². The first-order chi connectivity index (χ1) is 8.68. The summed E-state index contributed by atoms with van der Waals surface area (Å²) >= 11 is 0. The quantitative estimate of drug-likeness (QED) is 0.787. The Balaban J connectivity index is 1.59. The van der Waals surface area contributed by atoms with Crippen molar-refractivity contribution in [2.45, 2.75) is 69.5 Å². The first kappa shape index (κ1) is 13.8. The van der Waals surface area contributed by atoms with Gasteiger partial charge in [-0.05, 0) is 38.5 Å². The van der Waals surface area contributed by atoms with Crippen LogP contribution in [0.25, 0.3) is 0 Å². The van der Waals surface area contributed by atoms with Crippen LogP contribution in [-0.2, 0) is 9.53 Å². The fourth-order valence-corrected chi connectivity index (χ4v) is 2.89. The van der Waals surface area contributed by atoms with Crippen LogP contribution in [0.4, 0.5) is 0 Å². The zero-order valence-electron chi connectivity index (χ0n) is 11.1. The second kappa shape index (κ2) is 6.53. The summed E-state index contributed by atoms with van der Waals surface area (Å²) in [7, 11) is 0. The molecule has 2 aliphatic rings. The van der Waals surface area contributed by atoms with Crippen LogP contribution in [0.15, 0.2) is 0 Å². The molecule has 1 unspecified atom stereocenters. The van der Waals surface area contributed by atoms with E-state index in [0.717, 1.165) is 51.6 Å². The molecule has 0 spiro atoms. The lowest BCUT2D eigenvalue weighted by molar-refractivity contribution is -0.123. The largest absolute Gasteiger partial charge is 0.388 e. The molecule has 1 aliphatic heterocycles. The Morgan fingerprint density at radius 2 is 2.06 bits per heavy atom. The Kier molecular flexibility index (Phi) is 5.01. The Morgan fingerprint density at radius 1 is 1.28 bits per heavy atom. The van der Waals surface area contributed by atoms with Crippen molar-refractivity contribution in [3.05, 3.63) is 0 Å². The van der Waals surface area contributed by atoms with Gasteiger partial charge in [-0.2, -0.15) is 0 Å². The highest BCUT2D eigenvalue weighted by Gasteiger charge is 2.31. The minimum absolute atomic E-state index is 0.0458. The number of ether oxygens (including phenoxy) is 1. The third-order valence-electron chi connectivity index (χ3n) is 4.12. The standard InChI is InChI=1S/C14H25NO3/c16-13(7-6-12-5-1-4-10-18-12)15-11-14(17)8-2-3-9-14/h12,17H,1-11H2,(H,15,16). The number of carbonyl (C=O) groups excluding carboxylic acids is 1. The predicted molar refractivity (Wildman–Crippen MR) is 69.3 cm³/mol. The van der Waals surface area contributed by atoms with Gasteiger partial charge in [-0.1, -0.05) is 12.8 Å². The summed E-state index contributed by atoms with van der Waals surface area (Å²) in [5.41, 5.74) is -0.642. The normalized spacial score (nSPS) is 27.1. The fraction of sp³-hybridized carbons (Fsp3) is 0.929. The second-order valence-corrected chi connectivity index (χ2v) is 5.74. The molecule has 1 amide bonds. The van der Waals surface area contributed by atoms with Gasteiger partial charge in [0, 0.05) is 19.6 Å². The van der Waals surface area contributed by atoms with E-state index in [0.29, 0.717) is 13.0 Å². The number of nitrogens with one attached hydrogen (secondary N) is 1. The lowest BCUT2D eigenvalue weighted by Gasteiger charge is -2.24. The summed E-state index contributed by atoms with van der Waals surface area (Å²) in [4.78, 5) is 11.7. The molecular weight excluding hydrogens is 230 g/mol. The van der Waals surface area contributed by atoms with E-state index in [1.807, 2.05) is 0 Å². The lowest BCUT2D eigenvalue weighted by atomic mass is 10.0. The molecule has 1 heterocycles. The van der Waals surface area contributed by atoms with E-state index in [1.165, 1.54) is 6.42 Å². The van der Waals surface area contributed by atoms with Gasteiger partial charge in [-0.15, -0.1) is 0 Å². The van der Waals surface area contributed by atoms with E-state index >= 15 is 0 Å². The minimum Gasteiger partial charge on any atom is -0.388 e. The molecule has 0 aromatic carbocycles. The summed E-state index contributed by atoms with van der Waals surface area (Å²) in [6.45, 7) is 1.25. The first-order valence-corrected chi connectivity index (χ1v) is 7.29. The lowest BCUT2D eigenvalue weighted by Crippen LogP contribution is -2.41. The molecule has 2 fully saturated rings. The fourth-order valence-electron chi connectivity index (χ4n) is 2.89. The number of rotatable bonds is 5. The van der Waals surface area contributed by atoms with Gasteiger partial charge in [0.05, 0.1) is 11.7 Å². The van der Waals surface area contributed by atoms with Crippen molar-refractivity contribution in [1.82, 2.24) is 5.32 Å². The molecule has 1 saturated heterocycles. The van der Waals surface area contributed by atoms with Crippen LogP contribution in [0.3, 0.4) is 0 Å². The van der Waals surface area contributed by atoms with Crippen LogP contribution >= 0.6 is 0 Å². The number of hydrogen-bond donors (Lipinski definition) is 2. The molecule has 18 heavy (non-hydrogen) atoms. The number of carbonyl (C=O) groups is 1. The van der Waals surface area contributed by atoms with E-state index in [9.17, 15) is 9.90 Å². The summed E-state index contributed by atoms with van der Waals surface area (Å²) in [6, 6.07) is 0. The summed E-state index contributed by atoms with van der Waals surface area (Å²) in [6.07, 6.45) is 8.81. The maximum Gasteiger partial charge on any atom is 0.220 e. The topological polar surface area (TPSA) is 58.6 Å². The molecule has 0 bridgehead atoms. The average molecular weight is 255 g/mol. The van der Waals surface area contributed by atoms with Gasteiger partial charge in [0.25, 0.3) is 0 Å². The number of amides is 1. The molecule has 4 nitrogen and oxygen atoms in total. The molecule has 4 heteroatoms. The van der Waals surface area contributed by atoms with E-state index in [-0.39, 0.29) is 12.0 Å². The smallest absolute Gasteiger partial charge is 0.220 e. The van der Waals surface area contributed by atoms with Crippen molar-refractivity contribution in [1.29, 1.82) is 0 Å². The molecule has 0 aromatic rings. The van der Waals surface area contributed by atoms with Crippen LogP contribution in [0, 0.1) is 0 Å². The van der Waals surface area contributed by atoms with Crippen molar-refractivity contribution in [3.8, 4) is 0 Å². The average Bonchev–Trinajstić information content (AvgIpc) is 2.83. The monoisotopic (exact) mass is 255 g/mol. The van der Waals surface area contributed by atoms with Crippen LogP contribution < -0.4 is 5.32 Å². The van der Waals surface area contributed by atoms with Gasteiger partial charge < -0.3 is 15.2 Å². The number of aliphatic hydroxyl groups is 1. The molecular formula is C14H25NO3. The summed E-state index contributed by atoms with van der Waals surface area (Å²) in [5.74, 6) is 0.0458. The molecule has 104 valence electrons. The Hall–Kier alpha value is -0.610. The van der Waals surface area contributed by atoms with Crippen molar-refractivity contribution < 1.29 is 14.6 Å². The maximum atomic E-state index is 11.7. The second-order valence-electron chi connectivity index (χ2n) is 5.74. The Bertz CT molecular complexity index is 268. The Morgan fingerprint density at radius 3 is 2.72 bits per heavy atom.